The second-order valence-corrected chi connectivity index (χ2v) is 11.7. The number of carbonyl (C=O) groups is 1. The summed E-state index contributed by atoms with van der Waals surface area (Å²) >= 11 is -2.23. The van der Waals surface area contributed by atoms with Crippen molar-refractivity contribution in [1.29, 1.82) is 0 Å². The van der Waals surface area contributed by atoms with Gasteiger partial charge in [-0.05, 0) is 0 Å². The molecule has 1 rings (SSSR count). The number of nitrogens with zero attached hydrogens (tertiary/aromatic N) is 1. The molecule has 0 saturated heterocycles. The third-order valence-electron chi connectivity index (χ3n) is 2.09. The molecule has 6 heteroatoms. The molecule has 0 aliphatic heterocycles. The van der Waals surface area contributed by atoms with Crippen molar-refractivity contribution < 1.29 is 14.8 Å². The molecule has 0 aromatic heterocycles. The number of hydrogen-bond acceptors (Lipinski definition) is 3. The predicted octanol–water partition coefficient (Wildman–Crippen LogP) is 0.987. The zero-order valence-corrected chi connectivity index (χ0v) is 11.7. The first-order valence-corrected chi connectivity index (χ1v) is 12.7. The van der Waals surface area contributed by atoms with Crippen molar-refractivity contribution in [3.05, 3.63) is 33.9 Å². The Morgan fingerprint density at radius 1 is 1.47 bits per heavy atom. The fourth-order valence-electron chi connectivity index (χ4n) is 1.51. The van der Waals surface area contributed by atoms with Gasteiger partial charge in [-0.3, -0.25) is 0 Å². The van der Waals surface area contributed by atoms with Gasteiger partial charge in [-0.15, -0.1) is 0 Å². The minimum atomic E-state index is -2.23. The molecular formula is C9H11NO4Sn. The van der Waals surface area contributed by atoms with E-state index < -0.39 is 30.7 Å². The molecular weight excluding hydrogens is 305 g/mol. The van der Waals surface area contributed by atoms with Gasteiger partial charge in [-0.1, -0.05) is 0 Å². The quantitative estimate of drug-likeness (QED) is 0.512. The Bertz CT molecular complexity index is 384. The summed E-state index contributed by atoms with van der Waals surface area (Å²) in [6.07, 6.45) is 0. The predicted molar refractivity (Wildman–Crippen MR) is 58.6 cm³/mol. The van der Waals surface area contributed by atoms with Crippen LogP contribution < -0.4 is 3.58 Å². The van der Waals surface area contributed by atoms with Crippen molar-refractivity contribution in [1.82, 2.24) is 0 Å². The number of hydrogen-bond donors (Lipinski definition) is 1. The Morgan fingerprint density at radius 3 is 2.47 bits per heavy atom. The van der Waals surface area contributed by atoms with E-state index in [9.17, 15) is 14.9 Å². The molecule has 15 heavy (non-hydrogen) atoms. The number of nitro groups is 1. The average molecular weight is 316 g/mol. The van der Waals surface area contributed by atoms with Crippen molar-refractivity contribution in [2.24, 2.45) is 0 Å². The molecule has 0 aliphatic rings. The molecule has 0 radical (unpaired) electrons. The van der Waals surface area contributed by atoms with Crippen molar-refractivity contribution in [2.75, 3.05) is 0 Å². The van der Waals surface area contributed by atoms with E-state index in [4.69, 9.17) is 5.11 Å². The maximum atomic E-state index is 10.9. The average Bonchev–Trinajstić information content (AvgIpc) is 2.16. The Hall–Kier alpha value is -1.11. The van der Waals surface area contributed by atoms with Crippen LogP contribution >= 0.6 is 0 Å². The summed E-state index contributed by atoms with van der Waals surface area (Å²) in [5.74, 6) is -1.08. The summed E-state index contributed by atoms with van der Waals surface area (Å²) in [6.45, 7) is 0. The fourth-order valence-corrected chi connectivity index (χ4v) is 6.17. The van der Waals surface area contributed by atoms with E-state index in [0.717, 1.165) is 0 Å². The van der Waals surface area contributed by atoms with Crippen LogP contribution in [-0.2, 0) is 0 Å². The van der Waals surface area contributed by atoms with Crippen LogP contribution in [0.1, 0.15) is 10.4 Å². The van der Waals surface area contributed by atoms with Crippen LogP contribution in [0.15, 0.2) is 18.2 Å². The van der Waals surface area contributed by atoms with Crippen molar-refractivity contribution in [2.45, 2.75) is 9.88 Å². The van der Waals surface area contributed by atoms with E-state index in [1.165, 1.54) is 18.2 Å². The first-order valence-electron chi connectivity index (χ1n) is 4.45. The van der Waals surface area contributed by atoms with Gasteiger partial charge in [0.25, 0.3) is 0 Å². The van der Waals surface area contributed by atoms with Crippen LogP contribution in [0, 0.1) is 10.1 Å². The van der Waals surface area contributed by atoms with E-state index in [2.05, 4.69) is 0 Å². The van der Waals surface area contributed by atoms with Gasteiger partial charge in [0, 0.05) is 0 Å². The summed E-state index contributed by atoms with van der Waals surface area (Å²) in [6, 6.07) is 4.22. The van der Waals surface area contributed by atoms with Crippen LogP contribution in [-0.4, -0.2) is 35.8 Å². The maximum absolute atomic E-state index is 10.9. The SMILES string of the molecule is [CH3][SnH]([CH3])[c]1c(C(=O)O)cccc1[N+](=O)[O-]. The van der Waals surface area contributed by atoms with Crippen LogP contribution in [0.5, 0.6) is 0 Å². The Morgan fingerprint density at radius 2 is 2.07 bits per heavy atom. The van der Waals surface area contributed by atoms with Crippen LogP contribution in [0.25, 0.3) is 0 Å². The molecule has 0 bridgehead atoms. The topological polar surface area (TPSA) is 80.4 Å². The van der Waals surface area contributed by atoms with E-state index in [-0.39, 0.29) is 11.3 Å². The summed E-state index contributed by atoms with van der Waals surface area (Å²) < 4.78 is 0.483. The number of nitro benzene ring substituents is 1. The van der Waals surface area contributed by atoms with Crippen LogP contribution in [0.3, 0.4) is 0 Å². The van der Waals surface area contributed by atoms with Gasteiger partial charge in [0.1, 0.15) is 0 Å². The number of carboxylic acid groups (broad SMARTS) is 1. The molecule has 0 fully saturated rings. The molecule has 0 saturated carbocycles. The summed E-state index contributed by atoms with van der Waals surface area (Å²) in [5.41, 5.74) is 0.0516. The minimum absolute atomic E-state index is 0.0410. The molecule has 0 atom stereocenters. The van der Waals surface area contributed by atoms with Gasteiger partial charge in [0.05, 0.1) is 0 Å². The second-order valence-electron chi connectivity index (χ2n) is 3.46. The van der Waals surface area contributed by atoms with Gasteiger partial charge >= 0.3 is 93.6 Å². The Labute approximate surface area is 93.6 Å². The van der Waals surface area contributed by atoms with Crippen LogP contribution in [0.2, 0.25) is 9.88 Å². The number of aromatic carboxylic acids is 1. The van der Waals surface area contributed by atoms with Gasteiger partial charge in [-0.2, -0.15) is 0 Å². The molecule has 0 spiro atoms. The third kappa shape index (κ3) is 2.47. The number of rotatable bonds is 3. The van der Waals surface area contributed by atoms with Crippen LogP contribution in [0.4, 0.5) is 5.69 Å². The first kappa shape index (κ1) is 12.0. The molecule has 0 aliphatic carbocycles. The van der Waals surface area contributed by atoms with Gasteiger partial charge in [-0.25, -0.2) is 0 Å². The zero-order valence-electron chi connectivity index (χ0n) is 8.43. The summed E-state index contributed by atoms with van der Waals surface area (Å²) in [7, 11) is 0. The molecule has 80 valence electrons. The second kappa shape index (κ2) is 4.61. The van der Waals surface area contributed by atoms with Crippen molar-refractivity contribution in [3.8, 4) is 0 Å². The normalized spacial score (nSPS) is 10.3. The van der Waals surface area contributed by atoms with Crippen molar-refractivity contribution >= 4 is 35.0 Å². The van der Waals surface area contributed by atoms with E-state index in [1.54, 1.807) is 0 Å². The molecule has 0 unspecified atom stereocenters. The van der Waals surface area contributed by atoms with E-state index in [0.29, 0.717) is 3.58 Å². The molecule has 1 aromatic rings. The molecule has 0 heterocycles. The van der Waals surface area contributed by atoms with Gasteiger partial charge < -0.3 is 0 Å². The van der Waals surface area contributed by atoms with E-state index in [1.807, 2.05) is 9.88 Å². The summed E-state index contributed by atoms with van der Waals surface area (Å²) in [5, 5.41) is 19.7. The van der Waals surface area contributed by atoms with E-state index >= 15 is 0 Å². The van der Waals surface area contributed by atoms with Gasteiger partial charge in [0.2, 0.25) is 0 Å². The standard InChI is InChI=1S/C7H4NO4.2CH3.Sn.H/c9-7(10)5-2-1-3-6(4-5)8(11)12;;;;/h1-3H,(H,9,10);2*1H3;;. The monoisotopic (exact) mass is 317 g/mol. The van der Waals surface area contributed by atoms with Gasteiger partial charge in [0.15, 0.2) is 0 Å². The number of carboxylic acids is 1. The summed E-state index contributed by atoms with van der Waals surface area (Å²) in [4.78, 5) is 25.0. The molecule has 0 amide bonds. The molecule has 5 nitrogen and oxygen atoms in total. The third-order valence-corrected chi connectivity index (χ3v) is 7.11. The molecule has 1 aromatic carbocycles. The Balaban J connectivity index is 3.48. The number of benzene rings is 1. The fraction of sp³-hybridized carbons (Fsp3) is 0.222. The Kier molecular flexibility index (Phi) is 3.67. The van der Waals surface area contributed by atoms with Crippen molar-refractivity contribution in [3.63, 3.8) is 0 Å². The molecule has 1 N–H and O–H groups in total. The first-order chi connectivity index (χ1) is 6.95. The zero-order chi connectivity index (χ0) is 11.6.